The third-order valence-corrected chi connectivity index (χ3v) is 4.39. The van der Waals surface area contributed by atoms with E-state index < -0.39 is 11.9 Å². The second kappa shape index (κ2) is 5.44. The summed E-state index contributed by atoms with van der Waals surface area (Å²) >= 11 is 1.91. The number of carbonyl (C=O) groups is 2. The Morgan fingerprint density at radius 2 is 2.16 bits per heavy atom. The first-order chi connectivity index (χ1) is 8.91. The molecule has 0 bridgehead atoms. The van der Waals surface area contributed by atoms with Crippen LogP contribution in [0, 0.1) is 15.3 Å². The molecule has 1 aliphatic heterocycles. The molecule has 1 N–H and O–H groups in total. The molecule has 1 aromatic carbocycles. The zero-order chi connectivity index (χ0) is 14.2. The maximum atomic E-state index is 13.0. The summed E-state index contributed by atoms with van der Waals surface area (Å²) in [6, 6.07) is 3.64. The number of benzene rings is 1. The van der Waals surface area contributed by atoms with Gasteiger partial charge in [-0.05, 0) is 54.1 Å². The van der Waals surface area contributed by atoms with Crippen LogP contribution in [0.3, 0.4) is 0 Å². The van der Waals surface area contributed by atoms with Crippen molar-refractivity contribution >= 4 is 34.5 Å². The minimum absolute atomic E-state index is 0.236. The van der Waals surface area contributed by atoms with Crippen molar-refractivity contribution in [3.8, 4) is 0 Å². The highest BCUT2D eigenvalue weighted by Gasteiger charge is 2.38. The van der Waals surface area contributed by atoms with E-state index in [1.165, 1.54) is 18.2 Å². The molecule has 19 heavy (non-hydrogen) atoms. The molecular weight excluding hydrogens is 364 g/mol. The van der Waals surface area contributed by atoms with Crippen molar-refractivity contribution in [3.05, 3.63) is 33.1 Å². The average Bonchev–Trinajstić information content (AvgIpc) is 2.70. The summed E-state index contributed by atoms with van der Waals surface area (Å²) in [5, 5.41) is 9.06. The first-order valence-corrected chi connectivity index (χ1v) is 6.98. The number of halogens is 2. The predicted octanol–water partition coefficient (Wildman–Crippen LogP) is 2.37. The summed E-state index contributed by atoms with van der Waals surface area (Å²) in [7, 11) is 0. The van der Waals surface area contributed by atoms with Gasteiger partial charge < -0.3 is 10.0 Å². The molecule has 1 fully saturated rings. The monoisotopic (exact) mass is 377 g/mol. The molecule has 0 aliphatic carbocycles. The number of amides is 1. The Balaban J connectivity index is 2.23. The normalized spacial score (nSPS) is 22.6. The van der Waals surface area contributed by atoms with Crippen LogP contribution in [0.15, 0.2) is 18.2 Å². The Morgan fingerprint density at radius 3 is 2.68 bits per heavy atom. The van der Waals surface area contributed by atoms with Crippen LogP contribution in [0.25, 0.3) is 0 Å². The number of hydrogen-bond donors (Lipinski definition) is 1. The SMILES string of the molecule is CC1C(C(=O)O)CCN1C(=O)c1ccc(F)cc1I. The summed E-state index contributed by atoms with van der Waals surface area (Å²) in [6.45, 7) is 2.16. The number of aliphatic carboxylic acids is 1. The molecular formula is C13H13FINO3. The highest BCUT2D eigenvalue weighted by Crippen LogP contribution is 2.27. The van der Waals surface area contributed by atoms with Gasteiger partial charge in [-0.3, -0.25) is 9.59 Å². The van der Waals surface area contributed by atoms with E-state index in [0.717, 1.165) is 0 Å². The van der Waals surface area contributed by atoms with Crippen LogP contribution < -0.4 is 0 Å². The summed E-state index contributed by atoms with van der Waals surface area (Å²) in [5.74, 6) is -2.03. The quantitative estimate of drug-likeness (QED) is 0.806. The number of rotatable bonds is 2. The number of hydrogen-bond acceptors (Lipinski definition) is 2. The first kappa shape index (κ1) is 14.2. The van der Waals surface area contributed by atoms with Crippen LogP contribution in [0.2, 0.25) is 0 Å². The van der Waals surface area contributed by atoms with E-state index in [2.05, 4.69) is 0 Å². The molecule has 1 aromatic rings. The second-order valence-corrected chi connectivity index (χ2v) is 5.76. The van der Waals surface area contributed by atoms with Gasteiger partial charge in [-0.2, -0.15) is 0 Å². The predicted molar refractivity (Wildman–Crippen MR) is 75.4 cm³/mol. The van der Waals surface area contributed by atoms with E-state index in [0.29, 0.717) is 22.1 Å². The largest absolute Gasteiger partial charge is 0.481 e. The van der Waals surface area contributed by atoms with Gasteiger partial charge in [0.05, 0.1) is 11.5 Å². The number of carboxylic acids is 1. The Hall–Kier alpha value is -1.18. The maximum Gasteiger partial charge on any atom is 0.308 e. The molecule has 1 saturated heterocycles. The second-order valence-electron chi connectivity index (χ2n) is 4.60. The third kappa shape index (κ3) is 2.72. The van der Waals surface area contributed by atoms with Gasteiger partial charge >= 0.3 is 5.97 Å². The Kier molecular flexibility index (Phi) is 4.07. The van der Waals surface area contributed by atoms with Crippen molar-refractivity contribution in [1.82, 2.24) is 4.90 Å². The molecule has 1 amide bonds. The highest BCUT2D eigenvalue weighted by molar-refractivity contribution is 14.1. The summed E-state index contributed by atoms with van der Waals surface area (Å²) in [4.78, 5) is 25.0. The molecule has 1 heterocycles. The molecule has 0 spiro atoms. The lowest BCUT2D eigenvalue weighted by atomic mass is 10.0. The smallest absolute Gasteiger partial charge is 0.308 e. The maximum absolute atomic E-state index is 13.0. The van der Waals surface area contributed by atoms with Crippen molar-refractivity contribution in [2.45, 2.75) is 19.4 Å². The van der Waals surface area contributed by atoms with E-state index in [1.807, 2.05) is 22.6 Å². The van der Waals surface area contributed by atoms with Crippen molar-refractivity contribution in [1.29, 1.82) is 0 Å². The Bertz CT molecular complexity index is 535. The van der Waals surface area contributed by atoms with Crippen molar-refractivity contribution < 1.29 is 19.1 Å². The van der Waals surface area contributed by atoms with E-state index in [-0.39, 0.29) is 17.8 Å². The highest BCUT2D eigenvalue weighted by atomic mass is 127. The minimum Gasteiger partial charge on any atom is -0.481 e. The Labute approximate surface area is 123 Å². The Morgan fingerprint density at radius 1 is 1.47 bits per heavy atom. The number of likely N-dealkylation sites (tertiary alicyclic amines) is 1. The van der Waals surface area contributed by atoms with Crippen LogP contribution in [0.5, 0.6) is 0 Å². The molecule has 102 valence electrons. The van der Waals surface area contributed by atoms with E-state index >= 15 is 0 Å². The molecule has 2 atom stereocenters. The summed E-state index contributed by atoms with van der Waals surface area (Å²) in [5.41, 5.74) is 0.417. The van der Waals surface area contributed by atoms with E-state index in [1.54, 1.807) is 11.8 Å². The van der Waals surface area contributed by atoms with Crippen molar-refractivity contribution in [3.63, 3.8) is 0 Å². The van der Waals surface area contributed by atoms with Gasteiger partial charge in [0.25, 0.3) is 5.91 Å². The zero-order valence-corrected chi connectivity index (χ0v) is 12.4. The fourth-order valence-corrected chi connectivity index (χ4v) is 3.08. The van der Waals surface area contributed by atoms with Gasteiger partial charge in [0.1, 0.15) is 5.82 Å². The van der Waals surface area contributed by atoms with Gasteiger partial charge in [-0.15, -0.1) is 0 Å². The molecule has 2 rings (SSSR count). The summed E-state index contributed by atoms with van der Waals surface area (Å²) < 4.78 is 13.6. The van der Waals surface area contributed by atoms with Crippen LogP contribution in [0.1, 0.15) is 23.7 Å². The van der Waals surface area contributed by atoms with Gasteiger partial charge in [0, 0.05) is 16.2 Å². The molecule has 0 radical (unpaired) electrons. The fraction of sp³-hybridized carbons (Fsp3) is 0.385. The van der Waals surface area contributed by atoms with Crippen LogP contribution in [-0.4, -0.2) is 34.5 Å². The lowest BCUT2D eigenvalue weighted by Gasteiger charge is -2.23. The summed E-state index contributed by atoms with van der Waals surface area (Å²) in [6.07, 6.45) is 0.458. The van der Waals surface area contributed by atoms with Crippen LogP contribution in [-0.2, 0) is 4.79 Å². The topological polar surface area (TPSA) is 57.6 Å². The third-order valence-electron chi connectivity index (χ3n) is 3.49. The first-order valence-electron chi connectivity index (χ1n) is 5.90. The molecule has 1 aliphatic rings. The van der Waals surface area contributed by atoms with Gasteiger partial charge in [0.2, 0.25) is 0 Å². The minimum atomic E-state index is -0.878. The fourth-order valence-electron chi connectivity index (χ4n) is 2.37. The molecule has 2 unspecified atom stereocenters. The number of carboxylic acid groups (broad SMARTS) is 1. The lowest BCUT2D eigenvalue weighted by molar-refractivity contribution is -0.142. The van der Waals surface area contributed by atoms with Gasteiger partial charge in [-0.25, -0.2) is 4.39 Å². The molecule has 0 saturated carbocycles. The zero-order valence-electron chi connectivity index (χ0n) is 10.3. The molecule has 4 nitrogen and oxygen atoms in total. The number of nitrogens with zero attached hydrogens (tertiary/aromatic N) is 1. The van der Waals surface area contributed by atoms with Crippen molar-refractivity contribution in [2.75, 3.05) is 6.54 Å². The lowest BCUT2D eigenvalue weighted by Crippen LogP contribution is -2.38. The molecule has 6 heteroatoms. The van der Waals surface area contributed by atoms with Gasteiger partial charge in [-0.1, -0.05) is 0 Å². The van der Waals surface area contributed by atoms with Crippen LogP contribution in [0.4, 0.5) is 4.39 Å². The van der Waals surface area contributed by atoms with Crippen molar-refractivity contribution in [2.24, 2.45) is 5.92 Å². The van der Waals surface area contributed by atoms with E-state index in [9.17, 15) is 14.0 Å². The molecule has 0 aromatic heterocycles. The van der Waals surface area contributed by atoms with Crippen LogP contribution >= 0.6 is 22.6 Å². The van der Waals surface area contributed by atoms with Gasteiger partial charge in [0.15, 0.2) is 0 Å². The van der Waals surface area contributed by atoms with E-state index in [4.69, 9.17) is 5.11 Å². The standard InChI is InChI=1S/C13H13FINO3/c1-7-9(13(18)19)4-5-16(7)12(17)10-3-2-8(14)6-11(10)15/h2-3,6-7,9H,4-5H2,1H3,(H,18,19). The number of carbonyl (C=O) groups excluding carboxylic acids is 1. The average molecular weight is 377 g/mol.